The molecule has 6 heteroatoms. The Morgan fingerprint density at radius 1 is 1.54 bits per heavy atom. The van der Waals surface area contributed by atoms with E-state index in [0.29, 0.717) is 13.2 Å². The van der Waals surface area contributed by atoms with E-state index in [0.717, 1.165) is 13.1 Å². The molecule has 2 rings (SSSR count). The predicted octanol–water partition coefficient (Wildman–Crippen LogP) is -0.241. The fourth-order valence-corrected chi connectivity index (χ4v) is 1.83. The zero-order valence-corrected chi connectivity index (χ0v) is 7.92. The molecule has 2 N–H and O–H groups in total. The fraction of sp³-hybridized carbons (Fsp3) is 0.857. The van der Waals surface area contributed by atoms with E-state index in [1.807, 2.05) is 0 Å². The minimum absolute atomic E-state index is 0. The average molecular weight is 209 g/mol. The number of hydrogen-bond acceptors (Lipinski definition) is 3. The second kappa shape index (κ2) is 4.13. The normalized spacial score (nSPS) is 32.2. The van der Waals surface area contributed by atoms with Gasteiger partial charge in [-0.2, -0.15) is 0 Å². The van der Waals surface area contributed by atoms with Crippen molar-refractivity contribution in [3.8, 4) is 0 Å². The van der Waals surface area contributed by atoms with Crippen molar-refractivity contribution in [3.63, 3.8) is 0 Å². The van der Waals surface area contributed by atoms with Gasteiger partial charge in [-0.05, 0) is 0 Å². The number of carboxylic acid groups (broad SMARTS) is 1. The van der Waals surface area contributed by atoms with E-state index in [1.54, 1.807) is 0 Å². The molecule has 0 aliphatic carbocycles. The highest BCUT2D eigenvalue weighted by Gasteiger charge is 2.38. The van der Waals surface area contributed by atoms with E-state index in [-0.39, 0.29) is 24.6 Å². The minimum atomic E-state index is -0.836. The van der Waals surface area contributed by atoms with Gasteiger partial charge in [0.2, 0.25) is 0 Å². The molecule has 0 aromatic carbocycles. The molecule has 2 saturated heterocycles. The fourth-order valence-electron chi connectivity index (χ4n) is 1.83. The van der Waals surface area contributed by atoms with Gasteiger partial charge in [-0.25, -0.2) is 4.79 Å². The molecule has 76 valence electrons. The Kier molecular flexibility index (Phi) is 3.35. The molecule has 2 unspecified atom stereocenters. The van der Waals surface area contributed by atoms with Crippen LogP contribution in [-0.4, -0.2) is 54.5 Å². The number of halogens is 1. The minimum Gasteiger partial charge on any atom is -0.465 e. The van der Waals surface area contributed by atoms with Gasteiger partial charge in [0.1, 0.15) is 0 Å². The smallest absolute Gasteiger partial charge is 0.407 e. The third-order valence-electron chi connectivity index (χ3n) is 2.44. The van der Waals surface area contributed by atoms with Crippen LogP contribution in [0.2, 0.25) is 0 Å². The van der Waals surface area contributed by atoms with Crippen molar-refractivity contribution in [2.75, 3.05) is 26.2 Å². The number of amides is 1. The van der Waals surface area contributed by atoms with Crippen molar-refractivity contribution in [2.45, 2.75) is 12.1 Å². The summed E-state index contributed by atoms with van der Waals surface area (Å²) in [6.45, 7) is 2.51. The molecule has 5 nitrogen and oxygen atoms in total. The van der Waals surface area contributed by atoms with Gasteiger partial charge in [-0.3, -0.25) is 4.90 Å². The first-order valence-corrected chi connectivity index (χ1v) is 4.11. The van der Waals surface area contributed by atoms with Gasteiger partial charge >= 0.3 is 6.09 Å². The summed E-state index contributed by atoms with van der Waals surface area (Å²) in [6, 6.07) is 0.0243. The molecule has 1 amide bonds. The first-order valence-electron chi connectivity index (χ1n) is 4.11. The first-order chi connectivity index (χ1) is 5.79. The van der Waals surface area contributed by atoms with Crippen molar-refractivity contribution in [2.24, 2.45) is 0 Å². The highest BCUT2D eigenvalue weighted by Crippen LogP contribution is 2.17. The zero-order chi connectivity index (χ0) is 8.55. The molecule has 0 bridgehead atoms. The molecule has 2 aliphatic rings. The maximum Gasteiger partial charge on any atom is 0.407 e. The first kappa shape index (κ1) is 10.6. The second-order valence-corrected chi connectivity index (χ2v) is 3.11. The molecule has 0 aromatic rings. The van der Waals surface area contributed by atoms with Gasteiger partial charge < -0.3 is 15.2 Å². The van der Waals surface area contributed by atoms with Crippen LogP contribution in [-0.2, 0) is 4.74 Å². The lowest BCUT2D eigenvalue weighted by atomic mass is 10.1. The van der Waals surface area contributed by atoms with Crippen molar-refractivity contribution in [1.29, 1.82) is 0 Å². The van der Waals surface area contributed by atoms with Crippen molar-refractivity contribution < 1.29 is 14.6 Å². The summed E-state index contributed by atoms with van der Waals surface area (Å²) in [5, 5.41) is 11.9. The second-order valence-electron chi connectivity index (χ2n) is 3.11. The van der Waals surface area contributed by atoms with Crippen LogP contribution in [0.4, 0.5) is 4.79 Å². The summed E-state index contributed by atoms with van der Waals surface area (Å²) >= 11 is 0. The molecule has 0 saturated carbocycles. The van der Waals surface area contributed by atoms with Gasteiger partial charge in [0, 0.05) is 19.6 Å². The highest BCUT2D eigenvalue weighted by molar-refractivity contribution is 5.85. The van der Waals surface area contributed by atoms with E-state index in [9.17, 15) is 4.79 Å². The predicted molar refractivity (Wildman–Crippen MR) is 48.4 cm³/mol. The lowest BCUT2D eigenvalue weighted by molar-refractivity contribution is -0.0377. The molecule has 0 aromatic heterocycles. The van der Waals surface area contributed by atoms with E-state index >= 15 is 0 Å². The molecule has 0 spiro atoms. The van der Waals surface area contributed by atoms with Crippen LogP contribution < -0.4 is 5.32 Å². The number of fused-ring (bicyclic) bond motifs is 1. The van der Waals surface area contributed by atoms with Gasteiger partial charge in [-0.15, -0.1) is 12.4 Å². The van der Waals surface area contributed by atoms with Crippen LogP contribution in [0.1, 0.15) is 0 Å². The highest BCUT2D eigenvalue weighted by atomic mass is 35.5. The van der Waals surface area contributed by atoms with Gasteiger partial charge in [-0.1, -0.05) is 0 Å². The van der Waals surface area contributed by atoms with E-state index in [4.69, 9.17) is 9.84 Å². The van der Waals surface area contributed by atoms with Crippen molar-refractivity contribution in [3.05, 3.63) is 0 Å². The van der Waals surface area contributed by atoms with Gasteiger partial charge in [0.25, 0.3) is 0 Å². The van der Waals surface area contributed by atoms with Crippen LogP contribution in [0.25, 0.3) is 0 Å². The molecule has 2 heterocycles. The summed E-state index contributed by atoms with van der Waals surface area (Å²) in [7, 11) is 0. The molecular formula is C7H13ClN2O3. The molecule has 13 heavy (non-hydrogen) atoms. The summed E-state index contributed by atoms with van der Waals surface area (Å²) in [5.41, 5.74) is 0. The summed E-state index contributed by atoms with van der Waals surface area (Å²) < 4.78 is 5.41. The van der Waals surface area contributed by atoms with Crippen LogP contribution in [0.5, 0.6) is 0 Å². The average Bonchev–Trinajstić information content (AvgIpc) is 2.49. The van der Waals surface area contributed by atoms with Crippen LogP contribution >= 0.6 is 12.4 Å². The van der Waals surface area contributed by atoms with E-state index < -0.39 is 6.09 Å². The maximum atomic E-state index is 10.7. The Balaban J connectivity index is 0.000000845. The van der Waals surface area contributed by atoms with Gasteiger partial charge in [0.05, 0.1) is 18.8 Å². The largest absolute Gasteiger partial charge is 0.465 e. The summed E-state index contributed by atoms with van der Waals surface area (Å²) in [4.78, 5) is 12.2. The summed E-state index contributed by atoms with van der Waals surface area (Å²) in [6.07, 6.45) is -0.771. The monoisotopic (exact) mass is 208 g/mol. The van der Waals surface area contributed by atoms with Gasteiger partial charge in [0.15, 0.2) is 0 Å². The third kappa shape index (κ3) is 1.87. The topological polar surface area (TPSA) is 61.8 Å². The quantitative estimate of drug-likeness (QED) is 0.577. The molecular weight excluding hydrogens is 196 g/mol. The summed E-state index contributed by atoms with van der Waals surface area (Å²) in [5.74, 6) is 0. The number of carbonyl (C=O) groups is 1. The Labute approximate surface area is 82.4 Å². The molecule has 0 radical (unpaired) electrons. The van der Waals surface area contributed by atoms with E-state index in [1.165, 1.54) is 4.90 Å². The maximum absolute atomic E-state index is 10.7. The Morgan fingerprint density at radius 2 is 2.31 bits per heavy atom. The number of ether oxygens (including phenoxy) is 1. The number of nitrogens with zero attached hydrogens (tertiary/aromatic N) is 1. The van der Waals surface area contributed by atoms with Crippen molar-refractivity contribution in [1.82, 2.24) is 10.2 Å². The van der Waals surface area contributed by atoms with Crippen molar-refractivity contribution >= 4 is 18.5 Å². The SMILES string of the molecule is Cl.O=C(O)N1CCOC2CNCC21. The Bertz CT molecular complexity index is 202. The van der Waals surface area contributed by atoms with Crippen LogP contribution in [0.3, 0.4) is 0 Å². The molecule has 2 atom stereocenters. The third-order valence-corrected chi connectivity index (χ3v) is 2.44. The number of morpholine rings is 1. The number of nitrogens with one attached hydrogen (secondary N) is 1. The Hall–Kier alpha value is -0.520. The van der Waals surface area contributed by atoms with Crippen LogP contribution in [0, 0.1) is 0 Å². The lowest BCUT2D eigenvalue weighted by Gasteiger charge is -2.34. The number of rotatable bonds is 0. The zero-order valence-electron chi connectivity index (χ0n) is 7.10. The van der Waals surface area contributed by atoms with E-state index in [2.05, 4.69) is 5.32 Å². The van der Waals surface area contributed by atoms with Crippen LogP contribution in [0.15, 0.2) is 0 Å². The molecule has 2 aliphatic heterocycles. The molecule has 2 fully saturated rings. The standard InChI is InChI=1S/C7H12N2O3.ClH/c10-7(11)9-1-2-12-6-4-8-3-5(6)9;/h5-6,8H,1-4H2,(H,10,11);1H. The number of hydrogen-bond donors (Lipinski definition) is 2. The lowest BCUT2D eigenvalue weighted by Crippen LogP contribution is -2.52. The Morgan fingerprint density at radius 3 is 3.00 bits per heavy atom.